The quantitative estimate of drug-likeness (QED) is 0.837. The molecule has 1 aliphatic rings. The van der Waals surface area contributed by atoms with Gasteiger partial charge in [-0.05, 0) is 52.6 Å². The van der Waals surface area contributed by atoms with Crippen LogP contribution in [0, 0.1) is 5.92 Å². The zero-order valence-electron chi connectivity index (χ0n) is 12.9. The summed E-state index contributed by atoms with van der Waals surface area (Å²) in [5.41, 5.74) is -0.288. The van der Waals surface area contributed by atoms with Crippen molar-refractivity contribution in [3.05, 3.63) is 0 Å². The van der Waals surface area contributed by atoms with Crippen molar-refractivity contribution in [2.24, 2.45) is 5.92 Å². The highest BCUT2D eigenvalue weighted by Crippen LogP contribution is 2.36. The first kappa shape index (κ1) is 16.9. The van der Waals surface area contributed by atoms with Crippen LogP contribution in [0.5, 0.6) is 0 Å². The SMILES string of the molecule is CCC(C)(C(O)C1CCCC(S(C)(=O)=O)C1)N(C)C. The lowest BCUT2D eigenvalue weighted by atomic mass is 9.75. The van der Waals surface area contributed by atoms with Gasteiger partial charge in [-0.25, -0.2) is 8.42 Å². The molecule has 1 fully saturated rings. The molecular weight excluding hydrogens is 262 g/mol. The van der Waals surface area contributed by atoms with E-state index in [1.807, 2.05) is 14.1 Å². The number of rotatable bonds is 5. The molecule has 1 aliphatic carbocycles. The number of aliphatic hydroxyl groups is 1. The van der Waals surface area contributed by atoms with Crippen LogP contribution in [-0.2, 0) is 9.84 Å². The number of hydrogen-bond donors (Lipinski definition) is 1. The molecule has 0 amide bonds. The second kappa shape index (κ2) is 6.10. The summed E-state index contributed by atoms with van der Waals surface area (Å²) in [5, 5.41) is 10.4. The van der Waals surface area contributed by atoms with Gasteiger partial charge < -0.3 is 10.0 Å². The molecule has 0 aromatic heterocycles. The highest BCUT2D eigenvalue weighted by molar-refractivity contribution is 7.91. The highest BCUT2D eigenvalue weighted by atomic mass is 32.2. The van der Waals surface area contributed by atoms with Crippen molar-refractivity contribution in [2.45, 2.75) is 62.8 Å². The Bertz CT molecular complexity index is 393. The van der Waals surface area contributed by atoms with Crippen LogP contribution in [0.15, 0.2) is 0 Å². The first-order valence-corrected chi connectivity index (χ1v) is 9.12. The normalized spacial score (nSPS) is 30.1. The molecule has 114 valence electrons. The third kappa shape index (κ3) is 3.70. The first-order chi connectivity index (χ1) is 8.63. The van der Waals surface area contributed by atoms with Gasteiger partial charge in [0.1, 0.15) is 9.84 Å². The highest BCUT2D eigenvalue weighted by Gasteiger charge is 2.41. The van der Waals surface area contributed by atoms with E-state index >= 15 is 0 Å². The fourth-order valence-electron chi connectivity index (χ4n) is 3.15. The lowest BCUT2D eigenvalue weighted by Gasteiger charge is -2.45. The summed E-state index contributed by atoms with van der Waals surface area (Å²) in [6.45, 7) is 4.13. The third-order valence-corrected chi connectivity index (χ3v) is 6.73. The predicted octanol–water partition coefficient (Wildman–Crippen LogP) is 1.68. The molecule has 0 spiro atoms. The summed E-state index contributed by atoms with van der Waals surface area (Å²) >= 11 is 0. The van der Waals surface area contributed by atoms with Crippen molar-refractivity contribution in [2.75, 3.05) is 20.4 Å². The van der Waals surface area contributed by atoms with Crippen LogP contribution >= 0.6 is 0 Å². The zero-order valence-corrected chi connectivity index (χ0v) is 13.7. The molecule has 0 aliphatic heterocycles. The van der Waals surface area contributed by atoms with Crippen molar-refractivity contribution in [3.8, 4) is 0 Å². The van der Waals surface area contributed by atoms with Gasteiger partial charge in [0.25, 0.3) is 0 Å². The molecule has 4 unspecified atom stereocenters. The molecule has 1 rings (SSSR count). The Labute approximate surface area is 118 Å². The van der Waals surface area contributed by atoms with Crippen molar-refractivity contribution < 1.29 is 13.5 Å². The molecule has 0 radical (unpaired) electrons. The predicted molar refractivity (Wildman–Crippen MR) is 79.0 cm³/mol. The first-order valence-electron chi connectivity index (χ1n) is 7.17. The summed E-state index contributed by atoms with van der Waals surface area (Å²) in [6, 6.07) is 0. The fraction of sp³-hybridized carbons (Fsp3) is 1.00. The Hall–Kier alpha value is -0.130. The van der Waals surface area contributed by atoms with Crippen molar-refractivity contribution >= 4 is 9.84 Å². The molecule has 0 heterocycles. The van der Waals surface area contributed by atoms with Crippen LogP contribution in [-0.4, -0.2) is 55.7 Å². The summed E-state index contributed by atoms with van der Waals surface area (Å²) in [7, 11) is 0.962. The average molecular weight is 291 g/mol. The van der Waals surface area contributed by atoms with Crippen molar-refractivity contribution in [1.29, 1.82) is 0 Å². The summed E-state index contributed by atoms with van der Waals surface area (Å²) in [4.78, 5) is 2.06. The van der Waals surface area contributed by atoms with Crippen LogP contribution in [0.2, 0.25) is 0 Å². The van der Waals surface area contributed by atoms with Crippen LogP contribution in [0.1, 0.15) is 46.0 Å². The molecule has 1 saturated carbocycles. The van der Waals surface area contributed by atoms with Gasteiger partial charge in [-0.15, -0.1) is 0 Å². The average Bonchev–Trinajstić information content (AvgIpc) is 2.35. The Balaban J connectivity index is 2.85. The molecular formula is C14H29NO3S. The molecule has 0 bridgehead atoms. The molecule has 0 aromatic rings. The number of nitrogens with zero attached hydrogens (tertiary/aromatic N) is 1. The lowest BCUT2D eigenvalue weighted by molar-refractivity contribution is -0.0426. The number of sulfone groups is 1. The Morgan fingerprint density at radius 3 is 2.37 bits per heavy atom. The van der Waals surface area contributed by atoms with Gasteiger partial charge in [-0.3, -0.25) is 0 Å². The molecule has 4 atom stereocenters. The molecule has 19 heavy (non-hydrogen) atoms. The summed E-state index contributed by atoms with van der Waals surface area (Å²) in [5.74, 6) is 0.0841. The van der Waals surface area contributed by atoms with E-state index in [-0.39, 0.29) is 16.7 Å². The maximum atomic E-state index is 11.7. The van der Waals surface area contributed by atoms with Gasteiger partial charge in [-0.1, -0.05) is 13.3 Å². The minimum Gasteiger partial charge on any atom is -0.391 e. The Morgan fingerprint density at radius 1 is 1.37 bits per heavy atom. The largest absolute Gasteiger partial charge is 0.391 e. The second-order valence-electron chi connectivity index (χ2n) is 6.43. The number of hydrogen-bond acceptors (Lipinski definition) is 4. The van der Waals surface area contributed by atoms with E-state index in [1.54, 1.807) is 0 Å². The molecule has 0 saturated heterocycles. The van der Waals surface area contributed by atoms with E-state index in [0.29, 0.717) is 6.42 Å². The molecule has 0 aromatic carbocycles. The topological polar surface area (TPSA) is 57.6 Å². The third-order valence-electron chi connectivity index (χ3n) is 5.09. The monoisotopic (exact) mass is 291 g/mol. The number of likely N-dealkylation sites (N-methyl/N-ethyl adjacent to an activating group) is 1. The molecule has 1 N–H and O–H groups in total. The van der Waals surface area contributed by atoms with Crippen LogP contribution in [0.25, 0.3) is 0 Å². The lowest BCUT2D eigenvalue weighted by Crippen LogP contribution is -2.54. The van der Waals surface area contributed by atoms with Gasteiger partial charge in [0.05, 0.1) is 11.4 Å². The van der Waals surface area contributed by atoms with Crippen LogP contribution in [0.4, 0.5) is 0 Å². The molecule has 4 nitrogen and oxygen atoms in total. The second-order valence-corrected chi connectivity index (χ2v) is 8.75. The molecule has 5 heteroatoms. The summed E-state index contributed by atoms with van der Waals surface area (Å²) < 4.78 is 23.4. The zero-order chi connectivity index (χ0) is 14.8. The van der Waals surface area contributed by atoms with Gasteiger partial charge in [-0.2, -0.15) is 0 Å². The minimum absolute atomic E-state index is 0.0841. The van der Waals surface area contributed by atoms with E-state index in [4.69, 9.17) is 0 Å². The smallest absolute Gasteiger partial charge is 0.150 e. The van der Waals surface area contributed by atoms with Gasteiger partial charge in [0.2, 0.25) is 0 Å². The standard InChI is InChI=1S/C14H29NO3S/c1-6-14(2,15(3)4)13(16)11-8-7-9-12(10-11)19(5,17)18/h11-13,16H,6-10H2,1-5H3. The van der Waals surface area contributed by atoms with E-state index in [0.717, 1.165) is 25.7 Å². The van der Waals surface area contributed by atoms with E-state index in [9.17, 15) is 13.5 Å². The van der Waals surface area contributed by atoms with Gasteiger partial charge in [0.15, 0.2) is 0 Å². The van der Waals surface area contributed by atoms with Crippen LogP contribution in [0.3, 0.4) is 0 Å². The maximum absolute atomic E-state index is 11.7. The van der Waals surface area contributed by atoms with E-state index in [2.05, 4.69) is 18.7 Å². The number of aliphatic hydroxyl groups excluding tert-OH is 1. The van der Waals surface area contributed by atoms with E-state index < -0.39 is 15.9 Å². The summed E-state index contributed by atoms with van der Waals surface area (Å²) in [6.07, 6.45) is 4.86. The Kier molecular flexibility index (Phi) is 5.43. The maximum Gasteiger partial charge on any atom is 0.150 e. The fourth-order valence-corrected chi connectivity index (χ4v) is 4.35. The van der Waals surface area contributed by atoms with Crippen molar-refractivity contribution in [3.63, 3.8) is 0 Å². The minimum atomic E-state index is -2.99. The van der Waals surface area contributed by atoms with E-state index in [1.165, 1.54) is 6.26 Å². The Morgan fingerprint density at radius 2 is 1.95 bits per heavy atom. The van der Waals surface area contributed by atoms with Gasteiger partial charge >= 0.3 is 0 Å². The van der Waals surface area contributed by atoms with Crippen LogP contribution < -0.4 is 0 Å². The van der Waals surface area contributed by atoms with Crippen molar-refractivity contribution in [1.82, 2.24) is 4.90 Å². The van der Waals surface area contributed by atoms with Gasteiger partial charge in [0, 0.05) is 11.8 Å².